The van der Waals surface area contributed by atoms with Gasteiger partial charge in [-0.3, -0.25) is 0 Å². The number of rotatable bonds is 5. The molecule has 0 aliphatic heterocycles. The third kappa shape index (κ3) is 3.87. The molecule has 0 aliphatic carbocycles. The van der Waals surface area contributed by atoms with Crippen molar-refractivity contribution in [1.29, 1.82) is 0 Å². The Hall–Kier alpha value is -1.26. The van der Waals surface area contributed by atoms with E-state index >= 15 is 0 Å². The van der Waals surface area contributed by atoms with Gasteiger partial charge < -0.3 is 5.32 Å². The molecule has 0 fully saturated rings. The van der Waals surface area contributed by atoms with Crippen molar-refractivity contribution in [2.75, 3.05) is 7.05 Å². The van der Waals surface area contributed by atoms with Crippen LogP contribution >= 0.6 is 15.9 Å². The lowest BCUT2D eigenvalue weighted by molar-refractivity contribution is 0.529. The van der Waals surface area contributed by atoms with E-state index in [1.807, 2.05) is 13.1 Å². The molecule has 0 bridgehead atoms. The Morgan fingerprint density at radius 3 is 2.45 bits per heavy atom. The first-order valence-electron chi connectivity index (χ1n) is 6.44. The summed E-state index contributed by atoms with van der Waals surface area (Å²) in [6.07, 6.45) is 1.19. The lowest BCUT2D eigenvalue weighted by atomic mass is 9.99. The van der Waals surface area contributed by atoms with Gasteiger partial charge in [-0.2, -0.15) is 0 Å². The van der Waals surface area contributed by atoms with E-state index in [0.717, 1.165) is 10.0 Å². The van der Waals surface area contributed by atoms with Crippen molar-refractivity contribution in [3.8, 4) is 0 Å². The van der Waals surface area contributed by atoms with Crippen LogP contribution in [0, 0.1) is 11.6 Å². The van der Waals surface area contributed by atoms with Gasteiger partial charge in [0.1, 0.15) is 11.6 Å². The van der Waals surface area contributed by atoms with Gasteiger partial charge in [0.2, 0.25) is 0 Å². The van der Waals surface area contributed by atoms with E-state index < -0.39 is 0 Å². The highest BCUT2D eigenvalue weighted by molar-refractivity contribution is 9.10. The Morgan fingerprint density at radius 2 is 1.75 bits per heavy atom. The van der Waals surface area contributed by atoms with E-state index in [0.29, 0.717) is 18.4 Å². The molecule has 1 unspecified atom stereocenters. The molecule has 2 rings (SSSR count). The van der Waals surface area contributed by atoms with Crippen LogP contribution in [0.15, 0.2) is 46.9 Å². The quantitative estimate of drug-likeness (QED) is 0.864. The zero-order chi connectivity index (χ0) is 14.5. The highest BCUT2D eigenvalue weighted by atomic mass is 79.9. The standard InChI is InChI=1S/C16H16BrF2N/c1-20-14(9-11-4-2-3-5-16(11)19)10-12-8-13(18)6-7-15(12)17/h2-8,14,20H,9-10H2,1H3. The minimum atomic E-state index is -0.260. The Morgan fingerprint density at radius 1 is 1.05 bits per heavy atom. The third-order valence-electron chi connectivity index (χ3n) is 3.31. The second kappa shape index (κ2) is 6.95. The van der Waals surface area contributed by atoms with Gasteiger partial charge in [-0.05, 0) is 55.3 Å². The molecule has 0 saturated carbocycles. The largest absolute Gasteiger partial charge is 0.316 e. The van der Waals surface area contributed by atoms with Crippen LogP contribution in [0.25, 0.3) is 0 Å². The maximum Gasteiger partial charge on any atom is 0.126 e. The van der Waals surface area contributed by atoms with Crippen molar-refractivity contribution in [2.45, 2.75) is 18.9 Å². The molecular formula is C16H16BrF2N. The zero-order valence-electron chi connectivity index (χ0n) is 11.2. The third-order valence-corrected chi connectivity index (χ3v) is 4.08. The van der Waals surface area contributed by atoms with Gasteiger partial charge in [-0.1, -0.05) is 34.1 Å². The van der Waals surface area contributed by atoms with Gasteiger partial charge in [0.25, 0.3) is 0 Å². The molecule has 106 valence electrons. The maximum atomic E-state index is 13.7. The van der Waals surface area contributed by atoms with Crippen molar-refractivity contribution in [3.05, 3.63) is 69.7 Å². The van der Waals surface area contributed by atoms with E-state index in [4.69, 9.17) is 0 Å². The van der Waals surface area contributed by atoms with Gasteiger partial charge in [0, 0.05) is 10.5 Å². The van der Waals surface area contributed by atoms with E-state index in [2.05, 4.69) is 21.2 Å². The Labute approximate surface area is 126 Å². The summed E-state index contributed by atoms with van der Waals surface area (Å²) >= 11 is 3.42. The van der Waals surface area contributed by atoms with E-state index in [-0.39, 0.29) is 17.7 Å². The molecule has 0 aliphatic rings. The highest BCUT2D eigenvalue weighted by Gasteiger charge is 2.13. The molecule has 0 radical (unpaired) electrons. The van der Waals surface area contributed by atoms with Crippen molar-refractivity contribution in [2.24, 2.45) is 0 Å². The van der Waals surface area contributed by atoms with Gasteiger partial charge in [0.15, 0.2) is 0 Å². The molecule has 2 aromatic rings. The summed E-state index contributed by atoms with van der Waals surface area (Å²) < 4.78 is 27.8. The van der Waals surface area contributed by atoms with Crippen LogP contribution in [0.5, 0.6) is 0 Å². The number of nitrogens with one attached hydrogen (secondary N) is 1. The first kappa shape index (κ1) is 15.1. The van der Waals surface area contributed by atoms with Crippen LogP contribution in [0.2, 0.25) is 0 Å². The zero-order valence-corrected chi connectivity index (χ0v) is 12.8. The topological polar surface area (TPSA) is 12.0 Å². The maximum absolute atomic E-state index is 13.7. The molecule has 1 N–H and O–H groups in total. The van der Waals surface area contributed by atoms with Crippen LogP contribution in [0.4, 0.5) is 8.78 Å². The molecule has 20 heavy (non-hydrogen) atoms. The van der Waals surface area contributed by atoms with Gasteiger partial charge in [-0.15, -0.1) is 0 Å². The van der Waals surface area contributed by atoms with Crippen LogP contribution in [-0.2, 0) is 12.8 Å². The summed E-state index contributed by atoms with van der Waals surface area (Å²) in [4.78, 5) is 0. The predicted molar refractivity (Wildman–Crippen MR) is 80.8 cm³/mol. The molecular weight excluding hydrogens is 324 g/mol. The molecule has 0 spiro atoms. The second-order valence-corrected chi connectivity index (χ2v) is 5.58. The summed E-state index contributed by atoms with van der Waals surface area (Å²) in [5.41, 5.74) is 1.54. The number of halogens is 3. The van der Waals surface area contributed by atoms with Gasteiger partial charge >= 0.3 is 0 Å². The average Bonchev–Trinajstić information content (AvgIpc) is 2.44. The van der Waals surface area contributed by atoms with Gasteiger partial charge in [0.05, 0.1) is 0 Å². The number of likely N-dealkylation sites (N-methyl/N-ethyl adjacent to an activating group) is 1. The molecule has 0 amide bonds. The summed E-state index contributed by atoms with van der Waals surface area (Å²) in [6, 6.07) is 11.4. The van der Waals surface area contributed by atoms with Crippen LogP contribution in [0.3, 0.4) is 0 Å². The molecule has 0 saturated heterocycles. The summed E-state index contributed by atoms with van der Waals surface area (Å²) in [7, 11) is 1.83. The van der Waals surface area contributed by atoms with Gasteiger partial charge in [-0.25, -0.2) is 8.78 Å². The lowest BCUT2D eigenvalue weighted by Gasteiger charge is -2.17. The average molecular weight is 340 g/mol. The predicted octanol–water partition coefficient (Wildman–Crippen LogP) is 4.10. The number of hydrogen-bond donors (Lipinski definition) is 1. The Kier molecular flexibility index (Phi) is 5.26. The fourth-order valence-electron chi connectivity index (χ4n) is 2.17. The molecule has 0 aromatic heterocycles. The smallest absolute Gasteiger partial charge is 0.126 e. The molecule has 1 atom stereocenters. The Balaban J connectivity index is 2.13. The molecule has 1 nitrogen and oxygen atoms in total. The number of hydrogen-bond acceptors (Lipinski definition) is 1. The van der Waals surface area contributed by atoms with E-state index in [9.17, 15) is 8.78 Å². The van der Waals surface area contributed by atoms with Crippen LogP contribution in [0.1, 0.15) is 11.1 Å². The fourth-order valence-corrected chi connectivity index (χ4v) is 2.58. The summed E-state index contributed by atoms with van der Waals surface area (Å²) in [5.74, 6) is -0.463. The van der Waals surface area contributed by atoms with Crippen molar-refractivity contribution in [1.82, 2.24) is 5.32 Å². The SMILES string of the molecule is CNC(Cc1ccccc1F)Cc1cc(F)ccc1Br. The highest BCUT2D eigenvalue weighted by Crippen LogP contribution is 2.20. The minimum Gasteiger partial charge on any atom is -0.316 e. The monoisotopic (exact) mass is 339 g/mol. The lowest BCUT2D eigenvalue weighted by Crippen LogP contribution is -2.30. The molecule has 0 heterocycles. The normalized spacial score (nSPS) is 12.4. The van der Waals surface area contributed by atoms with E-state index in [1.54, 1.807) is 18.2 Å². The summed E-state index contributed by atoms with van der Waals surface area (Å²) in [5, 5.41) is 3.16. The van der Waals surface area contributed by atoms with Crippen molar-refractivity contribution in [3.63, 3.8) is 0 Å². The van der Waals surface area contributed by atoms with Crippen LogP contribution < -0.4 is 5.32 Å². The number of benzene rings is 2. The minimum absolute atomic E-state index is 0.0463. The molecule has 4 heteroatoms. The Bertz CT molecular complexity index is 586. The second-order valence-electron chi connectivity index (χ2n) is 4.72. The van der Waals surface area contributed by atoms with E-state index in [1.165, 1.54) is 18.2 Å². The molecule has 2 aromatic carbocycles. The van der Waals surface area contributed by atoms with Crippen molar-refractivity contribution < 1.29 is 8.78 Å². The summed E-state index contributed by atoms with van der Waals surface area (Å²) in [6.45, 7) is 0. The van der Waals surface area contributed by atoms with Crippen molar-refractivity contribution >= 4 is 15.9 Å². The fraction of sp³-hybridized carbons (Fsp3) is 0.250. The first-order valence-corrected chi connectivity index (χ1v) is 7.24. The van der Waals surface area contributed by atoms with Crippen LogP contribution in [-0.4, -0.2) is 13.1 Å². The first-order chi connectivity index (χ1) is 9.60.